The van der Waals surface area contributed by atoms with E-state index in [0.29, 0.717) is 30.8 Å². The molecular formula is C13H20N2O2. The van der Waals surface area contributed by atoms with E-state index in [2.05, 4.69) is 0 Å². The molecule has 4 nitrogen and oxygen atoms in total. The van der Waals surface area contributed by atoms with Crippen molar-refractivity contribution < 1.29 is 9.53 Å². The maximum absolute atomic E-state index is 11.3. The Hall–Kier alpha value is -1.71. The number of anilines is 2. The molecule has 0 aromatic heterocycles. The first kappa shape index (κ1) is 13.4. The minimum absolute atomic E-state index is 0.138. The van der Waals surface area contributed by atoms with Gasteiger partial charge >= 0.3 is 5.97 Å². The summed E-state index contributed by atoms with van der Waals surface area (Å²) in [5.41, 5.74) is 13.6. The number of ether oxygens (including phenoxy) is 1. The zero-order valence-electron chi connectivity index (χ0n) is 10.2. The second-order valence-corrected chi connectivity index (χ2v) is 4.03. The number of carbonyl (C=O) groups excluding carboxylic acids is 1. The number of nitrogens with two attached hydrogens (primary N) is 2. The first-order valence-electron chi connectivity index (χ1n) is 5.93. The summed E-state index contributed by atoms with van der Waals surface area (Å²) >= 11 is 0. The van der Waals surface area contributed by atoms with E-state index >= 15 is 0 Å². The SMILES string of the molecule is CCCCC(=O)OCCc1ccc(N)cc1N. The van der Waals surface area contributed by atoms with Crippen LogP contribution in [0.4, 0.5) is 11.4 Å². The van der Waals surface area contributed by atoms with Crippen LogP contribution in [0, 0.1) is 0 Å². The van der Waals surface area contributed by atoms with E-state index in [9.17, 15) is 4.79 Å². The van der Waals surface area contributed by atoms with Gasteiger partial charge in [0.15, 0.2) is 0 Å². The second kappa shape index (κ2) is 6.78. The van der Waals surface area contributed by atoms with Crippen molar-refractivity contribution in [2.24, 2.45) is 0 Å². The monoisotopic (exact) mass is 236 g/mol. The fourth-order valence-corrected chi connectivity index (χ4v) is 1.51. The number of carbonyl (C=O) groups is 1. The lowest BCUT2D eigenvalue weighted by Gasteiger charge is -2.07. The molecule has 0 amide bonds. The second-order valence-electron chi connectivity index (χ2n) is 4.03. The number of hydrogen-bond acceptors (Lipinski definition) is 4. The molecule has 17 heavy (non-hydrogen) atoms. The normalized spacial score (nSPS) is 10.2. The highest BCUT2D eigenvalue weighted by Gasteiger charge is 2.04. The molecule has 0 heterocycles. The molecule has 0 aliphatic rings. The number of nitrogen functional groups attached to an aromatic ring is 2. The van der Waals surface area contributed by atoms with Gasteiger partial charge in [0.05, 0.1) is 6.61 Å². The van der Waals surface area contributed by atoms with Gasteiger partial charge in [0.2, 0.25) is 0 Å². The Kier molecular flexibility index (Phi) is 5.33. The average molecular weight is 236 g/mol. The third kappa shape index (κ3) is 4.76. The number of rotatable bonds is 6. The maximum atomic E-state index is 11.3. The molecule has 0 unspecified atom stereocenters. The molecule has 0 bridgehead atoms. The van der Waals surface area contributed by atoms with E-state index in [1.807, 2.05) is 13.0 Å². The Balaban J connectivity index is 2.33. The minimum atomic E-state index is -0.138. The summed E-state index contributed by atoms with van der Waals surface area (Å²) in [7, 11) is 0. The summed E-state index contributed by atoms with van der Waals surface area (Å²) in [4.78, 5) is 11.3. The fourth-order valence-electron chi connectivity index (χ4n) is 1.51. The largest absolute Gasteiger partial charge is 0.465 e. The van der Waals surface area contributed by atoms with Crippen molar-refractivity contribution >= 4 is 17.3 Å². The van der Waals surface area contributed by atoms with Crippen LogP contribution in [0.1, 0.15) is 31.7 Å². The van der Waals surface area contributed by atoms with Gasteiger partial charge in [-0.15, -0.1) is 0 Å². The van der Waals surface area contributed by atoms with E-state index in [1.54, 1.807) is 12.1 Å². The Morgan fingerprint density at radius 2 is 2.12 bits per heavy atom. The van der Waals surface area contributed by atoms with Crippen LogP contribution in [0.3, 0.4) is 0 Å². The smallest absolute Gasteiger partial charge is 0.305 e. The highest BCUT2D eigenvalue weighted by molar-refractivity contribution is 5.69. The molecule has 1 aromatic rings. The third-order valence-corrected chi connectivity index (χ3v) is 2.54. The molecule has 0 spiro atoms. The van der Waals surface area contributed by atoms with Gasteiger partial charge in [0.1, 0.15) is 0 Å². The fraction of sp³-hybridized carbons (Fsp3) is 0.462. The summed E-state index contributed by atoms with van der Waals surface area (Å²) in [5.74, 6) is -0.138. The van der Waals surface area contributed by atoms with Crippen molar-refractivity contribution in [2.45, 2.75) is 32.6 Å². The van der Waals surface area contributed by atoms with Gasteiger partial charge in [-0.3, -0.25) is 4.79 Å². The molecule has 4 N–H and O–H groups in total. The molecule has 94 valence electrons. The number of unbranched alkanes of at least 4 members (excludes halogenated alkanes) is 1. The molecular weight excluding hydrogens is 216 g/mol. The van der Waals surface area contributed by atoms with Crippen LogP contribution >= 0.6 is 0 Å². The Bertz CT molecular complexity index is 378. The van der Waals surface area contributed by atoms with Crippen LogP contribution in [-0.4, -0.2) is 12.6 Å². The lowest BCUT2D eigenvalue weighted by atomic mass is 10.1. The van der Waals surface area contributed by atoms with E-state index in [1.165, 1.54) is 0 Å². The summed E-state index contributed by atoms with van der Waals surface area (Å²) in [6.07, 6.45) is 3.00. The molecule has 0 aliphatic carbocycles. The van der Waals surface area contributed by atoms with Crippen molar-refractivity contribution in [3.63, 3.8) is 0 Å². The molecule has 1 rings (SSSR count). The van der Waals surface area contributed by atoms with Crippen LogP contribution in [0.2, 0.25) is 0 Å². The molecule has 1 aromatic carbocycles. The van der Waals surface area contributed by atoms with Gasteiger partial charge in [-0.2, -0.15) is 0 Å². The van der Waals surface area contributed by atoms with Crippen molar-refractivity contribution in [1.29, 1.82) is 0 Å². The van der Waals surface area contributed by atoms with E-state index < -0.39 is 0 Å². The predicted octanol–water partition coefficient (Wildman–Crippen LogP) is 2.13. The van der Waals surface area contributed by atoms with E-state index in [4.69, 9.17) is 16.2 Å². The predicted molar refractivity (Wildman–Crippen MR) is 69.5 cm³/mol. The first-order valence-corrected chi connectivity index (χ1v) is 5.93. The molecule has 0 atom stereocenters. The zero-order chi connectivity index (χ0) is 12.7. The van der Waals surface area contributed by atoms with E-state index in [-0.39, 0.29) is 5.97 Å². The Morgan fingerprint density at radius 1 is 1.35 bits per heavy atom. The molecule has 0 aliphatic heterocycles. The molecule has 0 fully saturated rings. The number of hydrogen-bond donors (Lipinski definition) is 2. The van der Waals surface area contributed by atoms with Crippen LogP contribution in [0.25, 0.3) is 0 Å². The van der Waals surface area contributed by atoms with Crippen LogP contribution < -0.4 is 11.5 Å². The van der Waals surface area contributed by atoms with Crippen molar-refractivity contribution in [3.8, 4) is 0 Å². The third-order valence-electron chi connectivity index (χ3n) is 2.54. The van der Waals surface area contributed by atoms with Crippen molar-refractivity contribution in [3.05, 3.63) is 23.8 Å². The minimum Gasteiger partial charge on any atom is -0.465 e. The lowest BCUT2D eigenvalue weighted by Crippen LogP contribution is -2.08. The number of esters is 1. The summed E-state index contributed by atoms with van der Waals surface area (Å²) in [6.45, 7) is 2.42. The van der Waals surface area contributed by atoms with Crippen molar-refractivity contribution in [1.82, 2.24) is 0 Å². The van der Waals surface area contributed by atoms with Gasteiger partial charge in [0.25, 0.3) is 0 Å². The van der Waals surface area contributed by atoms with Crippen molar-refractivity contribution in [2.75, 3.05) is 18.1 Å². The van der Waals surface area contributed by atoms with Crippen LogP contribution in [0.5, 0.6) is 0 Å². The summed E-state index contributed by atoms with van der Waals surface area (Å²) in [6, 6.07) is 5.38. The highest BCUT2D eigenvalue weighted by Crippen LogP contribution is 2.16. The number of benzene rings is 1. The Labute approximate surface area is 102 Å². The van der Waals surface area contributed by atoms with Gasteiger partial charge in [-0.1, -0.05) is 19.4 Å². The van der Waals surface area contributed by atoms with Gasteiger partial charge in [-0.25, -0.2) is 0 Å². The summed E-state index contributed by atoms with van der Waals surface area (Å²) < 4.78 is 5.11. The maximum Gasteiger partial charge on any atom is 0.305 e. The topological polar surface area (TPSA) is 78.3 Å². The quantitative estimate of drug-likeness (QED) is 0.586. The van der Waals surface area contributed by atoms with Gasteiger partial charge < -0.3 is 16.2 Å². The van der Waals surface area contributed by atoms with Crippen LogP contribution in [-0.2, 0) is 16.0 Å². The summed E-state index contributed by atoms with van der Waals surface area (Å²) in [5, 5.41) is 0. The van der Waals surface area contributed by atoms with E-state index in [0.717, 1.165) is 18.4 Å². The van der Waals surface area contributed by atoms with Gasteiger partial charge in [0, 0.05) is 24.2 Å². The molecule has 0 saturated carbocycles. The molecule has 0 radical (unpaired) electrons. The standard InChI is InChI=1S/C13H20N2O2/c1-2-3-4-13(16)17-8-7-10-5-6-11(14)9-12(10)15/h5-6,9H,2-4,7-8,14-15H2,1H3. The highest BCUT2D eigenvalue weighted by atomic mass is 16.5. The Morgan fingerprint density at radius 3 is 2.76 bits per heavy atom. The average Bonchev–Trinajstić information content (AvgIpc) is 2.29. The molecule has 0 saturated heterocycles. The van der Waals surface area contributed by atoms with Crippen LogP contribution in [0.15, 0.2) is 18.2 Å². The zero-order valence-corrected chi connectivity index (χ0v) is 10.2. The lowest BCUT2D eigenvalue weighted by molar-refractivity contribution is -0.143. The molecule has 4 heteroatoms. The first-order chi connectivity index (χ1) is 8.13. The van der Waals surface area contributed by atoms with Gasteiger partial charge in [-0.05, 0) is 24.1 Å².